The first-order valence-corrected chi connectivity index (χ1v) is 7.39. The third-order valence-corrected chi connectivity index (χ3v) is 3.48. The van der Waals surface area contributed by atoms with E-state index in [9.17, 15) is 0 Å². The maximum atomic E-state index is 5.99. The van der Waals surface area contributed by atoms with E-state index in [-0.39, 0.29) is 0 Å². The minimum atomic E-state index is 0.422. The smallest absolute Gasteiger partial charge is 0.124 e. The Kier molecular flexibility index (Phi) is 5.40. The number of halogens is 1. The van der Waals surface area contributed by atoms with Gasteiger partial charge in [-0.1, -0.05) is 6.07 Å². The van der Waals surface area contributed by atoms with Gasteiger partial charge in [0.1, 0.15) is 5.82 Å². The Hall–Kier alpha value is -1.10. The Balaban J connectivity index is 2.04. The molecule has 4 nitrogen and oxygen atoms in total. The van der Waals surface area contributed by atoms with Gasteiger partial charge in [-0.2, -0.15) is 0 Å². The first-order valence-electron chi connectivity index (χ1n) is 6.86. The molecule has 1 heterocycles. The summed E-state index contributed by atoms with van der Waals surface area (Å²) in [6.07, 6.45) is 0. The zero-order valence-electron chi connectivity index (χ0n) is 12.4. The van der Waals surface area contributed by atoms with Gasteiger partial charge in [-0.05, 0) is 38.7 Å². The Bertz CT molecular complexity index is 565. The van der Waals surface area contributed by atoms with Crippen LogP contribution in [0.15, 0.2) is 18.2 Å². The van der Waals surface area contributed by atoms with E-state index in [1.807, 2.05) is 14.1 Å². The van der Waals surface area contributed by atoms with Crippen molar-refractivity contribution < 1.29 is 4.74 Å². The van der Waals surface area contributed by atoms with Crippen LogP contribution in [-0.2, 0) is 17.2 Å². The molecule has 0 saturated heterocycles. The van der Waals surface area contributed by atoms with Gasteiger partial charge in [0.15, 0.2) is 0 Å². The van der Waals surface area contributed by atoms with Crippen molar-refractivity contribution in [3.05, 3.63) is 29.6 Å². The number of nitrogens with zero attached hydrogens (tertiary/aromatic N) is 3. The van der Waals surface area contributed by atoms with Crippen molar-refractivity contribution in [3.8, 4) is 0 Å². The predicted octanol–water partition coefficient (Wildman–Crippen LogP) is 2.66. The van der Waals surface area contributed by atoms with Gasteiger partial charge in [0.05, 0.1) is 30.1 Å². The lowest BCUT2D eigenvalue weighted by atomic mass is 10.2. The highest BCUT2D eigenvalue weighted by Crippen LogP contribution is 2.18. The summed E-state index contributed by atoms with van der Waals surface area (Å²) in [6.45, 7) is 5.22. The molecule has 110 valence electrons. The van der Waals surface area contributed by atoms with Gasteiger partial charge in [0.25, 0.3) is 0 Å². The molecule has 0 radical (unpaired) electrons. The van der Waals surface area contributed by atoms with E-state index in [1.54, 1.807) is 0 Å². The van der Waals surface area contributed by atoms with Crippen molar-refractivity contribution in [1.29, 1.82) is 0 Å². The average Bonchev–Trinajstić information content (AvgIpc) is 2.75. The van der Waals surface area contributed by atoms with Crippen LogP contribution in [0.5, 0.6) is 0 Å². The van der Waals surface area contributed by atoms with Crippen LogP contribution in [0.4, 0.5) is 0 Å². The monoisotopic (exact) mass is 295 g/mol. The van der Waals surface area contributed by atoms with Crippen LogP contribution in [0, 0.1) is 6.92 Å². The van der Waals surface area contributed by atoms with Crippen LogP contribution < -0.4 is 0 Å². The molecule has 0 atom stereocenters. The maximum Gasteiger partial charge on any atom is 0.124 e. The highest BCUT2D eigenvalue weighted by atomic mass is 35.5. The summed E-state index contributed by atoms with van der Waals surface area (Å²) >= 11 is 5.99. The van der Waals surface area contributed by atoms with Gasteiger partial charge in [0.2, 0.25) is 0 Å². The lowest BCUT2D eigenvalue weighted by molar-refractivity contribution is 0.111. The summed E-state index contributed by atoms with van der Waals surface area (Å²) < 4.78 is 7.81. The summed E-state index contributed by atoms with van der Waals surface area (Å²) in [5, 5.41) is 0. The van der Waals surface area contributed by atoms with Crippen molar-refractivity contribution in [2.75, 3.05) is 33.9 Å². The molecule has 0 unspecified atom stereocenters. The number of hydrogen-bond acceptors (Lipinski definition) is 3. The zero-order valence-corrected chi connectivity index (χ0v) is 13.2. The van der Waals surface area contributed by atoms with Gasteiger partial charge in [-0.25, -0.2) is 4.98 Å². The number of ether oxygens (including phenoxy) is 1. The number of rotatable bonds is 7. The molecule has 1 aromatic heterocycles. The van der Waals surface area contributed by atoms with E-state index in [1.165, 1.54) is 5.56 Å². The van der Waals surface area contributed by atoms with Crippen molar-refractivity contribution in [3.63, 3.8) is 0 Å². The lowest BCUT2D eigenvalue weighted by Crippen LogP contribution is -2.19. The number of imidazole rings is 1. The van der Waals surface area contributed by atoms with Crippen molar-refractivity contribution in [2.45, 2.75) is 19.3 Å². The Morgan fingerprint density at radius 3 is 2.80 bits per heavy atom. The molecule has 1 aromatic carbocycles. The van der Waals surface area contributed by atoms with Gasteiger partial charge in [0, 0.05) is 13.1 Å². The van der Waals surface area contributed by atoms with Crippen LogP contribution in [-0.4, -0.2) is 48.3 Å². The zero-order chi connectivity index (χ0) is 14.5. The highest BCUT2D eigenvalue weighted by Gasteiger charge is 2.09. The summed E-state index contributed by atoms with van der Waals surface area (Å²) in [5.41, 5.74) is 3.35. The summed E-state index contributed by atoms with van der Waals surface area (Å²) in [4.78, 5) is 6.70. The Labute approximate surface area is 125 Å². The van der Waals surface area contributed by atoms with E-state index in [0.717, 1.165) is 36.6 Å². The standard InChI is InChI=1S/C15H22ClN3O/c1-12-4-5-14-13(10-12)17-15(11-16)19(14)7-9-20-8-6-18(2)3/h4-5,10H,6-9,11H2,1-3H3. The van der Waals surface area contributed by atoms with Gasteiger partial charge in [-0.15, -0.1) is 11.6 Å². The summed E-state index contributed by atoms with van der Waals surface area (Å²) in [6, 6.07) is 6.30. The fourth-order valence-electron chi connectivity index (χ4n) is 2.15. The fraction of sp³-hybridized carbons (Fsp3) is 0.533. The highest BCUT2D eigenvalue weighted by molar-refractivity contribution is 6.16. The molecule has 2 rings (SSSR count). The van der Waals surface area contributed by atoms with Gasteiger partial charge in [-0.3, -0.25) is 0 Å². The van der Waals surface area contributed by atoms with Gasteiger partial charge >= 0.3 is 0 Å². The molecule has 5 heteroatoms. The summed E-state index contributed by atoms with van der Waals surface area (Å²) in [5.74, 6) is 1.33. The number of benzene rings is 1. The van der Waals surface area contributed by atoms with Crippen molar-refractivity contribution in [1.82, 2.24) is 14.5 Å². The van der Waals surface area contributed by atoms with Crippen LogP contribution >= 0.6 is 11.6 Å². The van der Waals surface area contributed by atoms with Crippen molar-refractivity contribution in [2.24, 2.45) is 0 Å². The third-order valence-electron chi connectivity index (χ3n) is 3.24. The molecule has 20 heavy (non-hydrogen) atoms. The van der Waals surface area contributed by atoms with E-state index >= 15 is 0 Å². The topological polar surface area (TPSA) is 30.3 Å². The molecule has 0 aliphatic heterocycles. The predicted molar refractivity (Wildman–Crippen MR) is 83.4 cm³/mol. The molecule has 0 spiro atoms. The average molecular weight is 296 g/mol. The van der Waals surface area contributed by atoms with Crippen LogP contribution in [0.1, 0.15) is 11.4 Å². The third kappa shape index (κ3) is 3.72. The number of fused-ring (bicyclic) bond motifs is 1. The number of aromatic nitrogens is 2. The molecule has 2 aromatic rings. The number of likely N-dealkylation sites (N-methyl/N-ethyl adjacent to an activating group) is 1. The number of aryl methyl sites for hydroxylation is 1. The van der Waals surface area contributed by atoms with E-state index < -0.39 is 0 Å². The minimum absolute atomic E-state index is 0.422. The Morgan fingerprint density at radius 1 is 1.30 bits per heavy atom. The first-order chi connectivity index (χ1) is 9.61. The molecular formula is C15H22ClN3O. The molecule has 0 bridgehead atoms. The molecule has 0 amide bonds. The first kappa shape index (κ1) is 15.3. The van der Waals surface area contributed by atoms with Crippen molar-refractivity contribution >= 4 is 22.6 Å². The van der Waals surface area contributed by atoms with E-state index in [4.69, 9.17) is 16.3 Å². The van der Waals surface area contributed by atoms with Crippen LogP contribution in [0.2, 0.25) is 0 Å². The van der Waals surface area contributed by atoms with Crippen LogP contribution in [0.25, 0.3) is 11.0 Å². The molecule has 0 fully saturated rings. The second-order valence-electron chi connectivity index (χ2n) is 5.22. The molecule has 0 N–H and O–H groups in total. The SMILES string of the molecule is Cc1ccc2c(c1)nc(CCl)n2CCOCCN(C)C. The minimum Gasteiger partial charge on any atom is -0.378 e. The molecule has 0 aliphatic rings. The molecule has 0 aliphatic carbocycles. The number of hydrogen-bond donors (Lipinski definition) is 0. The normalized spacial score (nSPS) is 11.7. The molecular weight excluding hydrogens is 274 g/mol. The largest absolute Gasteiger partial charge is 0.378 e. The van der Waals surface area contributed by atoms with Gasteiger partial charge < -0.3 is 14.2 Å². The quantitative estimate of drug-likeness (QED) is 0.581. The lowest BCUT2D eigenvalue weighted by Gasteiger charge is -2.11. The van der Waals surface area contributed by atoms with Crippen LogP contribution in [0.3, 0.4) is 0 Å². The fourth-order valence-corrected chi connectivity index (χ4v) is 2.35. The van der Waals surface area contributed by atoms with E-state index in [2.05, 4.69) is 39.6 Å². The second kappa shape index (κ2) is 7.07. The molecule has 0 saturated carbocycles. The maximum absolute atomic E-state index is 5.99. The summed E-state index contributed by atoms with van der Waals surface area (Å²) in [7, 11) is 4.08. The number of alkyl halides is 1. The Morgan fingerprint density at radius 2 is 2.10 bits per heavy atom. The second-order valence-corrected chi connectivity index (χ2v) is 5.49. The van der Waals surface area contributed by atoms with E-state index in [0.29, 0.717) is 12.5 Å².